The lowest BCUT2D eigenvalue weighted by molar-refractivity contribution is 0.0600. The fourth-order valence-electron chi connectivity index (χ4n) is 3.45. The highest BCUT2D eigenvalue weighted by molar-refractivity contribution is 7.79. The number of ether oxygens (including phenoxy) is 1. The lowest BCUT2D eigenvalue weighted by Crippen LogP contribution is -2.31. The van der Waals surface area contributed by atoms with E-state index in [0.29, 0.717) is 18.4 Å². The zero-order chi connectivity index (χ0) is 21.4. The molecule has 6 heteroatoms. The molecule has 1 unspecified atom stereocenters. The Bertz CT molecular complexity index is 947. The van der Waals surface area contributed by atoms with Crippen LogP contribution in [0.4, 0.5) is 5.69 Å². The Labute approximate surface area is 177 Å². The first kappa shape index (κ1) is 21.8. The lowest BCUT2D eigenvalue weighted by Gasteiger charge is -2.30. The highest BCUT2D eigenvalue weighted by Crippen LogP contribution is 2.50. The summed E-state index contributed by atoms with van der Waals surface area (Å²) in [4.78, 5) is 11.7. The van der Waals surface area contributed by atoms with Crippen LogP contribution < -0.4 is 15.9 Å². The van der Waals surface area contributed by atoms with Gasteiger partial charge in [0.25, 0.3) is 0 Å². The fourth-order valence-corrected chi connectivity index (χ4v) is 6.58. The minimum Gasteiger partial charge on any atom is -0.465 e. The number of esters is 1. The Balaban J connectivity index is 2.02. The number of hydrogen-bond acceptors (Lipinski definition) is 5. The molecular weight excluding hydrogens is 397 g/mol. The number of anilines is 1. The van der Waals surface area contributed by atoms with Gasteiger partial charge in [-0.3, -0.25) is 0 Å². The van der Waals surface area contributed by atoms with E-state index in [2.05, 4.69) is 5.32 Å². The number of benzene rings is 3. The van der Waals surface area contributed by atoms with Gasteiger partial charge in [0.05, 0.1) is 18.5 Å². The van der Waals surface area contributed by atoms with Crippen molar-refractivity contribution in [3.05, 3.63) is 90.5 Å². The molecule has 0 saturated heterocycles. The summed E-state index contributed by atoms with van der Waals surface area (Å²) in [5.41, 5.74) is 1.20. The van der Waals surface area contributed by atoms with Crippen molar-refractivity contribution in [1.82, 2.24) is 0 Å². The summed E-state index contributed by atoms with van der Waals surface area (Å²) in [5, 5.41) is 14.4. The van der Waals surface area contributed by atoms with Crippen LogP contribution in [0.3, 0.4) is 0 Å². The molecule has 0 amide bonds. The zero-order valence-corrected chi connectivity index (χ0v) is 17.8. The Hall–Kier alpha value is -2.88. The normalized spacial score (nSPS) is 12.2. The van der Waals surface area contributed by atoms with E-state index in [-0.39, 0.29) is 6.61 Å². The first-order valence-electron chi connectivity index (χ1n) is 9.86. The Morgan fingerprint density at radius 1 is 0.933 bits per heavy atom. The monoisotopic (exact) mass is 423 g/mol. The average molecular weight is 423 g/mol. The highest BCUT2D eigenvalue weighted by Gasteiger charge is 2.36. The van der Waals surface area contributed by atoms with Crippen LogP contribution in [0, 0.1) is 0 Å². The number of hydrogen-bond donors (Lipinski definition) is 2. The maximum Gasteiger partial charge on any atom is 0.337 e. The van der Waals surface area contributed by atoms with Gasteiger partial charge in [0.2, 0.25) is 0 Å². The van der Waals surface area contributed by atoms with Crippen molar-refractivity contribution in [1.29, 1.82) is 0 Å². The van der Waals surface area contributed by atoms with E-state index in [9.17, 15) is 14.5 Å². The van der Waals surface area contributed by atoms with E-state index in [4.69, 9.17) is 4.74 Å². The quantitative estimate of drug-likeness (QED) is 0.402. The lowest BCUT2D eigenvalue weighted by atomic mass is 10.2. The van der Waals surface area contributed by atoms with E-state index in [0.717, 1.165) is 16.3 Å². The van der Waals surface area contributed by atoms with Crippen LogP contribution in [-0.2, 0) is 9.30 Å². The van der Waals surface area contributed by atoms with E-state index < -0.39 is 18.9 Å². The number of rotatable bonds is 9. The minimum atomic E-state index is -3.08. The van der Waals surface area contributed by atoms with Gasteiger partial charge in [0, 0.05) is 22.9 Å². The van der Waals surface area contributed by atoms with E-state index in [1.165, 1.54) is 7.11 Å². The predicted octanol–water partition coefficient (Wildman–Crippen LogP) is 4.00. The molecule has 0 bridgehead atoms. The smallest absolute Gasteiger partial charge is 0.337 e. The van der Waals surface area contributed by atoms with Crippen molar-refractivity contribution in [3.63, 3.8) is 0 Å². The van der Waals surface area contributed by atoms with Crippen molar-refractivity contribution in [3.8, 4) is 0 Å². The maximum absolute atomic E-state index is 14.6. The summed E-state index contributed by atoms with van der Waals surface area (Å²) in [6.45, 7) is 0.0169. The highest BCUT2D eigenvalue weighted by atomic mass is 31.2. The molecule has 0 saturated carbocycles. The summed E-state index contributed by atoms with van der Waals surface area (Å²) in [6.07, 6.45) is 1.04. The molecule has 0 aromatic heterocycles. The van der Waals surface area contributed by atoms with E-state index in [1.54, 1.807) is 24.3 Å². The van der Waals surface area contributed by atoms with Gasteiger partial charge in [0.15, 0.2) is 7.14 Å². The first-order chi connectivity index (χ1) is 14.6. The summed E-state index contributed by atoms with van der Waals surface area (Å²) in [5.74, 6) is -0.823. The first-order valence-corrected chi connectivity index (χ1v) is 11.6. The van der Waals surface area contributed by atoms with Gasteiger partial charge in [-0.2, -0.15) is 0 Å². The summed E-state index contributed by atoms with van der Waals surface area (Å²) < 4.78 is 19.4. The molecule has 0 fully saturated rings. The molecule has 0 aliphatic carbocycles. The minimum absolute atomic E-state index is 0.0169. The predicted molar refractivity (Wildman–Crippen MR) is 121 cm³/mol. The second-order valence-electron chi connectivity index (χ2n) is 6.92. The molecular formula is C24H26NO4P. The molecule has 2 N–H and O–H groups in total. The molecule has 0 aliphatic rings. The summed E-state index contributed by atoms with van der Waals surface area (Å²) in [6, 6.07) is 25.8. The molecule has 30 heavy (non-hydrogen) atoms. The van der Waals surface area contributed by atoms with Gasteiger partial charge in [-0.25, -0.2) is 4.79 Å². The standard InChI is InChI=1S/C24H26NO4P/c1-29-24(27)19-14-16-20(17-15-19)25-23(13-8-18-26)30(28,21-9-4-2-5-10-21)22-11-6-3-7-12-22/h2-7,9-12,14-17,23,25-26H,8,13,18H2,1H3. The van der Waals surface area contributed by atoms with Crippen molar-refractivity contribution >= 4 is 29.4 Å². The third kappa shape index (κ3) is 4.81. The van der Waals surface area contributed by atoms with Gasteiger partial charge >= 0.3 is 5.97 Å². The maximum atomic E-state index is 14.6. The second kappa shape index (κ2) is 10.2. The molecule has 3 aromatic rings. The van der Waals surface area contributed by atoms with Gasteiger partial charge in [-0.1, -0.05) is 60.7 Å². The third-order valence-corrected chi connectivity index (χ3v) is 8.39. The van der Waals surface area contributed by atoms with Gasteiger partial charge < -0.3 is 19.7 Å². The van der Waals surface area contributed by atoms with Crippen molar-refractivity contribution in [2.45, 2.75) is 18.6 Å². The number of nitrogens with one attached hydrogen (secondary N) is 1. The topological polar surface area (TPSA) is 75.6 Å². The van der Waals surface area contributed by atoms with Gasteiger partial charge in [-0.15, -0.1) is 0 Å². The molecule has 0 heterocycles. The van der Waals surface area contributed by atoms with Crippen LogP contribution >= 0.6 is 7.14 Å². The molecule has 1 atom stereocenters. The van der Waals surface area contributed by atoms with Crippen LogP contribution in [0.1, 0.15) is 23.2 Å². The fraction of sp³-hybridized carbons (Fsp3) is 0.208. The zero-order valence-electron chi connectivity index (χ0n) is 16.9. The summed E-state index contributed by atoms with van der Waals surface area (Å²) >= 11 is 0. The van der Waals surface area contributed by atoms with E-state index in [1.807, 2.05) is 60.7 Å². The van der Waals surface area contributed by atoms with Crippen molar-refractivity contribution in [2.75, 3.05) is 19.0 Å². The number of carbonyl (C=O) groups excluding carboxylic acids is 1. The molecule has 0 radical (unpaired) electrons. The molecule has 5 nitrogen and oxygen atoms in total. The number of aliphatic hydroxyl groups is 1. The number of aliphatic hydroxyl groups excluding tert-OH is 1. The van der Waals surface area contributed by atoms with Crippen LogP contribution in [0.2, 0.25) is 0 Å². The molecule has 156 valence electrons. The van der Waals surface area contributed by atoms with Crippen LogP contribution in [0.25, 0.3) is 0 Å². The van der Waals surface area contributed by atoms with Gasteiger partial charge in [0.1, 0.15) is 0 Å². The van der Waals surface area contributed by atoms with Crippen molar-refractivity contribution < 1.29 is 19.2 Å². The molecule has 3 aromatic carbocycles. The SMILES string of the molecule is COC(=O)c1ccc(NC(CCCO)P(=O)(c2ccccc2)c2ccccc2)cc1. The molecule has 0 aliphatic heterocycles. The number of carbonyl (C=O) groups is 1. The summed E-state index contributed by atoms with van der Waals surface area (Å²) in [7, 11) is -1.74. The Morgan fingerprint density at radius 3 is 1.93 bits per heavy atom. The largest absolute Gasteiger partial charge is 0.465 e. The van der Waals surface area contributed by atoms with Crippen LogP contribution in [0.15, 0.2) is 84.9 Å². The van der Waals surface area contributed by atoms with Crippen molar-refractivity contribution in [2.24, 2.45) is 0 Å². The molecule has 3 rings (SSSR count). The Morgan fingerprint density at radius 2 is 1.47 bits per heavy atom. The Kier molecular flexibility index (Phi) is 7.45. The average Bonchev–Trinajstić information content (AvgIpc) is 2.82. The second-order valence-corrected chi connectivity index (χ2v) is 9.90. The van der Waals surface area contributed by atoms with E-state index >= 15 is 0 Å². The molecule has 0 spiro atoms. The van der Waals surface area contributed by atoms with Gasteiger partial charge in [-0.05, 0) is 37.1 Å². The van der Waals surface area contributed by atoms with Crippen LogP contribution in [-0.4, -0.2) is 30.6 Å². The third-order valence-electron chi connectivity index (χ3n) is 4.99. The number of methoxy groups -OCH3 is 1. The van der Waals surface area contributed by atoms with Crippen LogP contribution in [0.5, 0.6) is 0 Å².